The monoisotopic (exact) mass is 310 g/mol. The molecule has 1 aromatic rings. The van der Waals surface area contributed by atoms with E-state index in [0.717, 1.165) is 0 Å². The molecule has 1 aromatic heterocycles. The molecule has 0 aliphatic heterocycles. The molecular formula is C9H15N2O6PS. The van der Waals surface area contributed by atoms with E-state index < -0.39 is 29.8 Å². The van der Waals surface area contributed by atoms with E-state index in [1.165, 1.54) is 17.3 Å². The van der Waals surface area contributed by atoms with Gasteiger partial charge < -0.3 is 14.7 Å². The summed E-state index contributed by atoms with van der Waals surface area (Å²) in [6.45, 7) is 0.0922. The van der Waals surface area contributed by atoms with Gasteiger partial charge in [0.05, 0.1) is 5.75 Å². The molecule has 0 bridgehead atoms. The van der Waals surface area contributed by atoms with Crippen LogP contribution >= 0.6 is 7.60 Å². The minimum atomic E-state index is -4.27. The summed E-state index contributed by atoms with van der Waals surface area (Å²) in [6, 6.07) is 3.12. The molecule has 0 saturated carbocycles. The molecule has 0 radical (unpaired) electrons. The third kappa shape index (κ3) is 7.24. The van der Waals surface area contributed by atoms with Crippen LogP contribution in [0, 0.1) is 0 Å². The summed E-state index contributed by atoms with van der Waals surface area (Å²) < 4.78 is 40.9. The van der Waals surface area contributed by atoms with Gasteiger partial charge in [-0.3, -0.25) is 14.1 Å². The van der Waals surface area contributed by atoms with Crippen molar-refractivity contribution < 1.29 is 27.3 Å². The Hall–Kier alpha value is -0.990. The third-order valence-corrected chi connectivity index (χ3v) is 3.73. The van der Waals surface area contributed by atoms with Gasteiger partial charge in [-0.15, -0.1) is 0 Å². The lowest BCUT2D eigenvalue weighted by Crippen LogP contribution is -2.27. The van der Waals surface area contributed by atoms with E-state index in [4.69, 9.17) is 14.3 Å². The van der Waals surface area contributed by atoms with E-state index in [0.29, 0.717) is 5.69 Å². The molecule has 19 heavy (non-hydrogen) atoms. The van der Waals surface area contributed by atoms with E-state index >= 15 is 0 Å². The molecule has 0 spiro atoms. The quantitative estimate of drug-likeness (QED) is 0.484. The lowest BCUT2D eigenvalue weighted by atomic mass is 10.3. The largest absolute Gasteiger partial charge is 0.360 e. The predicted molar refractivity (Wildman–Crippen MR) is 69.5 cm³/mol. The van der Waals surface area contributed by atoms with Crippen LogP contribution in [0.5, 0.6) is 0 Å². The molecule has 3 N–H and O–H groups in total. The van der Waals surface area contributed by atoms with Gasteiger partial charge in [0.15, 0.2) is 0 Å². The molecule has 0 unspecified atom stereocenters. The molecule has 0 amide bonds. The van der Waals surface area contributed by atoms with Crippen molar-refractivity contribution in [2.75, 3.05) is 23.5 Å². The second-order valence-electron chi connectivity index (χ2n) is 3.91. The van der Waals surface area contributed by atoms with Gasteiger partial charge in [-0.1, -0.05) is 0 Å². The van der Waals surface area contributed by atoms with Crippen LogP contribution in [0.4, 0.5) is 5.69 Å². The lowest BCUT2D eigenvalue weighted by molar-refractivity contribution is 0.372. The summed E-state index contributed by atoms with van der Waals surface area (Å²) in [7, 11) is -8.35. The maximum atomic E-state index is 11.0. The van der Waals surface area contributed by atoms with Crippen molar-refractivity contribution in [3.8, 4) is 0 Å². The fourth-order valence-electron chi connectivity index (χ4n) is 1.50. The van der Waals surface area contributed by atoms with Gasteiger partial charge in [0.25, 0.3) is 10.1 Å². The van der Waals surface area contributed by atoms with Gasteiger partial charge in [-0.05, 0) is 18.6 Å². The first-order valence-corrected chi connectivity index (χ1v) is 8.73. The van der Waals surface area contributed by atoms with E-state index in [2.05, 4.69) is 4.98 Å². The summed E-state index contributed by atoms with van der Waals surface area (Å²) in [5, 5.41) is 0. The lowest BCUT2D eigenvalue weighted by Gasteiger charge is -2.24. The van der Waals surface area contributed by atoms with Crippen LogP contribution in [0.1, 0.15) is 6.42 Å². The van der Waals surface area contributed by atoms with Crippen LogP contribution in [-0.2, 0) is 14.7 Å². The smallest absolute Gasteiger partial charge is 0.344 e. The van der Waals surface area contributed by atoms with Gasteiger partial charge in [-0.25, -0.2) is 0 Å². The number of aromatic nitrogens is 1. The SMILES string of the molecule is O=P(O)(O)CN(CCCS(=O)(=O)O)c1ccncc1. The van der Waals surface area contributed by atoms with Crippen LogP contribution in [0.2, 0.25) is 0 Å². The van der Waals surface area contributed by atoms with Crippen LogP contribution in [0.25, 0.3) is 0 Å². The average molecular weight is 310 g/mol. The molecule has 0 saturated heterocycles. The van der Waals surface area contributed by atoms with E-state index in [1.807, 2.05) is 0 Å². The van der Waals surface area contributed by atoms with E-state index in [9.17, 15) is 13.0 Å². The Bertz CT molecular complexity index is 543. The zero-order chi connectivity index (χ0) is 14.5. The maximum Gasteiger partial charge on any atom is 0.344 e. The van der Waals surface area contributed by atoms with Crippen LogP contribution < -0.4 is 4.90 Å². The topological polar surface area (TPSA) is 128 Å². The Morgan fingerprint density at radius 1 is 1.26 bits per heavy atom. The van der Waals surface area contributed by atoms with Gasteiger partial charge in [-0.2, -0.15) is 8.42 Å². The van der Waals surface area contributed by atoms with Gasteiger partial charge in [0, 0.05) is 24.6 Å². The second kappa shape index (κ2) is 6.44. The summed E-state index contributed by atoms with van der Waals surface area (Å²) in [5.41, 5.74) is 0.522. The number of hydrogen-bond acceptors (Lipinski definition) is 5. The van der Waals surface area contributed by atoms with Gasteiger partial charge in [0.2, 0.25) is 0 Å². The van der Waals surface area contributed by atoms with Crippen molar-refractivity contribution >= 4 is 23.4 Å². The normalized spacial score (nSPS) is 12.4. The first-order valence-electron chi connectivity index (χ1n) is 5.32. The first kappa shape index (κ1) is 16.1. The molecule has 0 aromatic carbocycles. The Kier molecular flexibility index (Phi) is 5.45. The molecule has 0 aliphatic rings. The Labute approximate surface area is 111 Å². The molecule has 0 aliphatic carbocycles. The number of hydrogen-bond donors (Lipinski definition) is 3. The third-order valence-electron chi connectivity index (χ3n) is 2.21. The molecule has 8 nitrogen and oxygen atoms in total. The molecule has 108 valence electrons. The van der Waals surface area contributed by atoms with Gasteiger partial charge >= 0.3 is 7.60 Å². The molecule has 1 rings (SSSR count). The summed E-state index contributed by atoms with van der Waals surface area (Å²) >= 11 is 0. The van der Waals surface area contributed by atoms with E-state index in [1.54, 1.807) is 12.1 Å². The highest BCUT2D eigenvalue weighted by Crippen LogP contribution is 2.36. The zero-order valence-corrected chi connectivity index (χ0v) is 11.7. The number of pyridine rings is 1. The zero-order valence-electron chi connectivity index (χ0n) is 9.95. The number of rotatable bonds is 7. The first-order chi connectivity index (χ1) is 8.67. The minimum absolute atomic E-state index is 0.0567. The van der Waals surface area contributed by atoms with Crippen molar-refractivity contribution in [1.82, 2.24) is 4.98 Å². The van der Waals surface area contributed by atoms with Gasteiger partial charge in [0.1, 0.15) is 6.29 Å². The van der Waals surface area contributed by atoms with Crippen molar-refractivity contribution in [1.29, 1.82) is 0 Å². The summed E-state index contributed by atoms with van der Waals surface area (Å²) in [4.78, 5) is 23.1. The molecule has 10 heteroatoms. The standard InChI is InChI=1S/C9H15N2O6PS/c12-18(13,14)8-11(6-1-7-19(15,16)17)9-2-4-10-5-3-9/h2-5H,1,6-8H2,(H2,12,13,14)(H,15,16,17). The van der Waals surface area contributed by atoms with Crippen molar-refractivity contribution in [2.45, 2.75) is 6.42 Å². The highest BCUT2D eigenvalue weighted by molar-refractivity contribution is 7.85. The van der Waals surface area contributed by atoms with Crippen LogP contribution in [-0.4, -0.2) is 46.3 Å². The number of anilines is 1. The fraction of sp³-hybridized carbons (Fsp3) is 0.444. The number of nitrogens with zero attached hydrogens (tertiary/aromatic N) is 2. The highest BCUT2D eigenvalue weighted by atomic mass is 32.2. The molecule has 0 fully saturated rings. The second-order valence-corrected chi connectivity index (χ2v) is 7.10. The molecular weight excluding hydrogens is 295 g/mol. The minimum Gasteiger partial charge on any atom is -0.360 e. The maximum absolute atomic E-state index is 11.0. The summed E-state index contributed by atoms with van der Waals surface area (Å²) in [5.74, 6) is -0.463. The average Bonchev–Trinajstić information content (AvgIpc) is 2.25. The molecule has 1 heterocycles. The van der Waals surface area contributed by atoms with Crippen molar-refractivity contribution in [2.24, 2.45) is 0 Å². The molecule has 0 atom stereocenters. The fourth-order valence-corrected chi connectivity index (χ4v) is 2.74. The highest BCUT2D eigenvalue weighted by Gasteiger charge is 2.20. The van der Waals surface area contributed by atoms with Crippen LogP contribution in [0.3, 0.4) is 0 Å². The van der Waals surface area contributed by atoms with Crippen molar-refractivity contribution in [3.05, 3.63) is 24.5 Å². The van der Waals surface area contributed by atoms with E-state index in [-0.39, 0.29) is 13.0 Å². The van der Waals surface area contributed by atoms with Crippen molar-refractivity contribution in [3.63, 3.8) is 0 Å². The summed E-state index contributed by atoms with van der Waals surface area (Å²) in [6.07, 6.45) is 2.46. The van der Waals surface area contributed by atoms with Crippen LogP contribution in [0.15, 0.2) is 24.5 Å². The predicted octanol–water partition coefficient (Wildman–Crippen LogP) is 0.301. The Morgan fingerprint density at radius 2 is 1.84 bits per heavy atom. The Morgan fingerprint density at radius 3 is 2.32 bits per heavy atom. The Balaban J connectivity index is 2.74.